The molecule has 10 atom stereocenters. The lowest BCUT2D eigenvalue weighted by molar-refractivity contribution is -0.361. The topological polar surface area (TPSA) is 196 Å². The molecule has 2 fully saturated rings. The predicted molar refractivity (Wildman–Crippen MR) is 73.5 cm³/mol. The SMILES string of the molecule is O=CO[C@@H]1C(CO)O[C@@H](O[C@@H]2C(O)OC(CO)[C@@H](O)C2O)[C@@H](O)C1O. The smallest absolute Gasteiger partial charge is 0.293 e. The summed E-state index contributed by atoms with van der Waals surface area (Å²) in [5.74, 6) is 0. The van der Waals surface area contributed by atoms with Gasteiger partial charge in [-0.25, -0.2) is 0 Å². The standard InChI is InChI=1S/C13H22O12/c14-1-4-6(17)7(18)11(12(21)23-4)25-13-9(20)8(19)10(22-3-16)5(2-15)24-13/h3-15,17-21H,1-2H2/t4?,5?,6-,7?,8?,9+,10-,11+,12?,13+/m1/s1. The van der Waals surface area contributed by atoms with E-state index >= 15 is 0 Å². The van der Waals surface area contributed by atoms with Gasteiger partial charge in [0.25, 0.3) is 6.47 Å². The van der Waals surface area contributed by atoms with Gasteiger partial charge < -0.3 is 54.7 Å². The Morgan fingerprint density at radius 1 is 0.800 bits per heavy atom. The molecule has 0 spiro atoms. The van der Waals surface area contributed by atoms with E-state index in [1.54, 1.807) is 0 Å². The van der Waals surface area contributed by atoms with Crippen LogP contribution in [0.5, 0.6) is 0 Å². The number of ether oxygens (including phenoxy) is 4. The van der Waals surface area contributed by atoms with Gasteiger partial charge in [0.15, 0.2) is 18.7 Å². The van der Waals surface area contributed by atoms with Crippen molar-refractivity contribution in [2.75, 3.05) is 13.2 Å². The molecule has 2 aliphatic heterocycles. The fourth-order valence-electron chi connectivity index (χ4n) is 2.77. The van der Waals surface area contributed by atoms with E-state index in [9.17, 15) is 35.4 Å². The van der Waals surface area contributed by atoms with E-state index in [2.05, 4.69) is 4.74 Å². The first-order chi connectivity index (χ1) is 11.8. The molecule has 0 aliphatic carbocycles. The molecule has 0 radical (unpaired) electrons. The Morgan fingerprint density at radius 3 is 1.96 bits per heavy atom. The lowest BCUT2D eigenvalue weighted by Gasteiger charge is -2.45. The molecular formula is C13H22O12. The van der Waals surface area contributed by atoms with Crippen molar-refractivity contribution >= 4 is 6.47 Å². The van der Waals surface area contributed by atoms with Gasteiger partial charge in [-0.15, -0.1) is 0 Å². The first-order valence-corrected chi connectivity index (χ1v) is 7.53. The van der Waals surface area contributed by atoms with Crippen molar-refractivity contribution in [3.63, 3.8) is 0 Å². The third-order valence-electron chi connectivity index (χ3n) is 4.17. The molecule has 2 aliphatic rings. The van der Waals surface area contributed by atoms with Crippen molar-refractivity contribution in [2.24, 2.45) is 0 Å². The Kier molecular flexibility index (Phi) is 7.04. The van der Waals surface area contributed by atoms with Crippen LogP contribution in [0.1, 0.15) is 0 Å². The lowest BCUT2D eigenvalue weighted by atomic mass is 9.97. The highest BCUT2D eigenvalue weighted by atomic mass is 16.7. The van der Waals surface area contributed by atoms with Gasteiger partial charge in [0, 0.05) is 0 Å². The zero-order chi connectivity index (χ0) is 18.7. The maximum Gasteiger partial charge on any atom is 0.293 e. The third kappa shape index (κ3) is 4.09. The number of hydrogen-bond acceptors (Lipinski definition) is 12. The van der Waals surface area contributed by atoms with E-state index in [1.807, 2.05) is 0 Å². The Hall–Kier alpha value is -0.930. The number of aliphatic hydroxyl groups is 7. The summed E-state index contributed by atoms with van der Waals surface area (Å²) >= 11 is 0. The molecule has 2 heterocycles. The summed E-state index contributed by atoms with van der Waals surface area (Å²) in [5, 5.41) is 68.0. The fraction of sp³-hybridized carbons (Fsp3) is 0.923. The van der Waals surface area contributed by atoms with Crippen LogP contribution in [0.3, 0.4) is 0 Å². The lowest BCUT2D eigenvalue weighted by Crippen LogP contribution is -2.64. The van der Waals surface area contributed by atoms with E-state index in [0.717, 1.165) is 0 Å². The van der Waals surface area contributed by atoms with E-state index in [-0.39, 0.29) is 6.47 Å². The van der Waals surface area contributed by atoms with Crippen LogP contribution < -0.4 is 0 Å². The van der Waals surface area contributed by atoms with Crippen LogP contribution in [0.4, 0.5) is 0 Å². The number of rotatable bonds is 6. The fourth-order valence-corrected chi connectivity index (χ4v) is 2.77. The van der Waals surface area contributed by atoms with Crippen LogP contribution in [0.15, 0.2) is 0 Å². The second kappa shape index (κ2) is 8.64. The average molecular weight is 370 g/mol. The second-order valence-corrected chi connectivity index (χ2v) is 5.73. The highest BCUT2D eigenvalue weighted by Crippen LogP contribution is 2.29. The summed E-state index contributed by atoms with van der Waals surface area (Å²) in [6.07, 6.45) is -15.6. The number of carbonyl (C=O) groups is 1. The van der Waals surface area contributed by atoms with Gasteiger partial charge in [0.2, 0.25) is 0 Å². The van der Waals surface area contributed by atoms with Crippen molar-refractivity contribution in [1.29, 1.82) is 0 Å². The molecule has 0 aromatic heterocycles. The zero-order valence-electron chi connectivity index (χ0n) is 12.9. The van der Waals surface area contributed by atoms with Crippen molar-refractivity contribution < 1.29 is 59.5 Å². The predicted octanol–water partition coefficient (Wildman–Crippen LogP) is -5.22. The van der Waals surface area contributed by atoms with Gasteiger partial charge in [-0.05, 0) is 0 Å². The van der Waals surface area contributed by atoms with E-state index in [4.69, 9.17) is 19.3 Å². The van der Waals surface area contributed by atoms with E-state index in [1.165, 1.54) is 0 Å². The Morgan fingerprint density at radius 2 is 1.40 bits per heavy atom. The maximum atomic E-state index is 10.5. The highest BCUT2D eigenvalue weighted by molar-refractivity contribution is 5.38. The minimum absolute atomic E-state index is 0.0156. The van der Waals surface area contributed by atoms with Gasteiger partial charge in [0.1, 0.15) is 42.7 Å². The van der Waals surface area contributed by atoms with Crippen LogP contribution in [-0.4, -0.2) is 117 Å². The van der Waals surface area contributed by atoms with Crippen LogP contribution in [0.2, 0.25) is 0 Å². The largest absolute Gasteiger partial charge is 0.459 e. The molecule has 0 amide bonds. The third-order valence-corrected chi connectivity index (χ3v) is 4.17. The molecular weight excluding hydrogens is 348 g/mol. The second-order valence-electron chi connectivity index (χ2n) is 5.73. The summed E-state index contributed by atoms with van der Waals surface area (Å²) in [6.45, 7) is -1.34. The van der Waals surface area contributed by atoms with Gasteiger partial charge in [-0.2, -0.15) is 0 Å². The van der Waals surface area contributed by atoms with E-state index < -0.39 is 74.6 Å². The molecule has 12 nitrogen and oxygen atoms in total. The van der Waals surface area contributed by atoms with Crippen molar-refractivity contribution in [3.05, 3.63) is 0 Å². The molecule has 0 aromatic rings. The molecule has 0 aromatic carbocycles. The van der Waals surface area contributed by atoms with Gasteiger partial charge in [0.05, 0.1) is 13.2 Å². The highest BCUT2D eigenvalue weighted by Gasteiger charge is 2.51. The number of carbonyl (C=O) groups excluding carboxylic acids is 1. The van der Waals surface area contributed by atoms with Gasteiger partial charge in [-0.1, -0.05) is 0 Å². The van der Waals surface area contributed by atoms with Crippen molar-refractivity contribution in [3.8, 4) is 0 Å². The zero-order valence-corrected chi connectivity index (χ0v) is 12.9. The first-order valence-electron chi connectivity index (χ1n) is 7.53. The van der Waals surface area contributed by atoms with Crippen molar-refractivity contribution in [2.45, 2.75) is 61.4 Å². The quantitative estimate of drug-likeness (QED) is 0.220. The van der Waals surface area contributed by atoms with Gasteiger partial charge in [-0.3, -0.25) is 4.79 Å². The van der Waals surface area contributed by atoms with Crippen LogP contribution in [0.25, 0.3) is 0 Å². The summed E-state index contributed by atoms with van der Waals surface area (Å²) in [4.78, 5) is 10.5. The molecule has 12 heteroatoms. The minimum atomic E-state index is -1.78. The number of hydrogen-bond donors (Lipinski definition) is 7. The molecule has 5 unspecified atom stereocenters. The number of aliphatic hydroxyl groups excluding tert-OH is 7. The molecule has 2 saturated heterocycles. The van der Waals surface area contributed by atoms with Crippen LogP contribution in [-0.2, 0) is 23.7 Å². The van der Waals surface area contributed by atoms with E-state index in [0.29, 0.717) is 0 Å². The summed E-state index contributed by atoms with van der Waals surface area (Å²) in [5.41, 5.74) is 0. The normalized spacial score (nSPS) is 48.1. The van der Waals surface area contributed by atoms with Crippen LogP contribution in [0, 0.1) is 0 Å². The summed E-state index contributed by atoms with van der Waals surface area (Å²) in [7, 11) is 0. The molecule has 0 saturated carbocycles. The Bertz CT molecular complexity index is 433. The maximum absolute atomic E-state index is 10.5. The summed E-state index contributed by atoms with van der Waals surface area (Å²) < 4.78 is 19.9. The first kappa shape index (κ1) is 20.4. The molecule has 7 N–H and O–H groups in total. The minimum Gasteiger partial charge on any atom is -0.459 e. The molecule has 2 rings (SSSR count). The van der Waals surface area contributed by atoms with Crippen LogP contribution >= 0.6 is 0 Å². The molecule has 25 heavy (non-hydrogen) atoms. The Balaban J connectivity index is 2.09. The Labute approximate surface area is 141 Å². The van der Waals surface area contributed by atoms with Crippen molar-refractivity contribution in [1.82, 2.24) is 0 Å². The monoisotopic (exact) mass is 370 g/mol. The average Bonchev–Trinajstić information content (AvgIpc) is 2.60. The van der Waals surface area contributed by atoms with Gasteiger partial charge >= 0.3 is 0 Å². The summed E-state index contributed by atoms with van der Waals surface area (Å²) in [6, 6.07) is 0. The molecule has 146 valence electrons. The molecule has 0 bridgehead atoms.